The number of hydrogen-bond donors (Lipinski definition) is 0. The maximum Gasteiger partial charge on any atom is 0.00861 e. The van der Waals surface area contributed by atoms with E-state index in [1.54, 1.807) is 0 Å². The Morgan fingerprint density at radius 1 is 1.67 bits per heavy atom. The summed E-state index contributed by atoms with van der Waals surface area (Å²) < 4.78 is 0. The zero-order valence-electron chi connectivity index (χ0n) is 6.19. The molecule has 0 N–H and O–H groups in total. The molecule has 0 rings (SSSR count). The SMILES string of the molecule is C#CCCCC(C)C[CH2]. The van der Waals surface area contributed by atoms with Crippen LogP contribution in [0.1, 0.15) is 32.6 Å². The molecule has 0 aliphatic heterocycles. The van der Waals surface area contributed by atoms with Crippen molar-refractivity contribution in [1.82, 2.24) is 0 Å². The lowest BCUT2D eigenvalue weighted by atomic mass is 10.0. The lowest BCUT2D eigenvalue weighted by molar-refractivity contribution is 0.520. The largest absolute Gasteiger partial charge is 0.120 e. The van der Waals surface area contributed by atoms with Crippen molar-refractivity contribution in [3.8, 4) is 12.3 Å². The summed E-state index contributed by atoms with van der Waals surface area (Å²) in [4.78, 5) is 0. The van der Waals surface area contributed by atoms with Crippen molar-refractivity contribution in [3.05, 3.63) is 6.92 Å². The number of hydrogen-bond acceptors (Lipinski definition) is 0. The van der Waals surface area contributed by atoms with Gasteiger partial charge in [0.1, 0.15) is 0 Å². The molecule has 0 heterocycles. The summed E-state index contributed by atoms with van der Waals surface area (Å²) >= 11 is 0. The highest BCUT2D eigenvalue weighted by Crippen LogP contribution is 2.09. The van der Waals surface area contributed by atoms with Crippen LogP contribution in [0.25, 0.3) is 0 Å². The fraction of sp³-hybridized carbons (Fsp3) is 0.667. The molecule has 0 aliphatic carbocycles. The van der Waals surface area contributed by atoms with E-state index in [-0.39, 0.29) is 0 Å². The Morgan fingerprint density at radius 3 is 2.78 bits per heavy atom. The molecule has 0 aromatic carbocycles. The fourth-order valence-electron chi connectivity index (χ4n) is 0.697. The predicted octanol–water partition coefficient (Wildman–Crippen LogP) is 2.65. The van der Waals surface area contributed by atoms with Gasteiger partial charge >= 0.3 is 0 Å². The van der Waals surface area contributed by atoms with Crippen molar-refractivity contribution in [1.29, 1.82) is 0 Å². The van der Waals surface area contributed by atoms with Crippen molar-refractivity contribution >= 4 is 0 Å². The maximum atomic E-state index is 5.09. The molecule has 0 amide bonds. The molecule has 1 atom stereocenters. The summed E-state index contributed by atoms with van der Waals surface area (Å²) in [7, 11) is 0. The van der Waals surface area contributed by atoms with Crippen LogP contribution in [0.15, 0.2) is 0 Å². The Kier molecular flexibility index (Phi) is 5.41. The third-order valence-electron chi connectivity index (χ3n) is 1.51. The topological polar surface area (TPSA) is 0 Å². The number of rotatable bonds is 4. The highest BCUT2D eigenvalue weighted by Gasteiger charge is 1.95. The molecule has 0 nitrogen and oxygen atoms in total. The lowest BCUT2D eigenvalue weighted by Crippen LogP contribution is -1.90. The number of terminal acetylenes is 1. The van der Waals surface area contributed by atoms with Crippen molar-refractivity contribution in [3.63, 3.8) is 0 Å². The fourth-order valence-corrected chi connectivity index (χ4v) is 0.697. The summed E-state index contributed by atoms with van der Waals surface area (Å²) in [5.41, 5.74) is 0. The second-order valence-corrected chi connectivity index (χ2v) is 2.49. The zero-order chi connectivity index (χ0) is 7.11. The average Bonchev–Trinajstić information content (AvgIpc) is 1.89. The summed E-state index contributed by atoms with van der Waals surface area (Å²) in [6, 6.07) is 0. The molecule has 0 saturated carbocycles. The minimum atomic E-state index is 0.748. The molecule has 51 valence electrons. The Labute approximate surface area is 58.7 Å². The van der Waals surface area contributed by atoms with E-state index in [2.05, 4.69) is 19.8 Å². The normalized spacial score (nSPS) is 12.6. The number of unbranched alkanes of at least 4 members (excludes halogenated alkanes) is 1. The quantitative estimate of drug-likeness (QED) is 0.398. The highest BCUT2D eigenvalue weighted by atomic mass is 14.0. The molecule has 9 heavy (non-hydrogen) atoms. The van der Waals surface area contributed by atoms with Crippen LogP contribution < -0.4 is 0 Å². The first-order chi connectivity index (χ1) is 4.31. The first-order valence-corrected chi connectivity index (χ1v) is 3.54. The van der Waals surface area contributed by atoms with E-state index in [1.807, 2.05) is 0 Å². The molecule has 1 radical (unpaired) electrons. The Morgan fingerprint density at radius 2 is 2.33 bits per heavy atom. The molecule has 0 aliphatic rings. The summed E-state index contributed by atoms with van der Waals surface area (Å²) in [6.45, 7) is 6.02. The second-order valence-electron chi connectivity index (χ2n) is 2.49. The van der Waals surface area contributed by atoms with E-state index in [0.29, 0.717) is 0 Å². The molecule has 0 bridgehead atoms. The smallest absolute Gasteiger partial charge is 0.00861 e. The van der Waals surface area contributed by atoms with Gasteiger partial charge in [-0.25, -0.2) is 0 Å². The minimum absolute atomic E-state index is 0.748. The van der Waals surface area contributed by atoms with Crippen LogP contribution in [0.4, 0.5) is 0 Å². The van der Waals surface area contributed by atoms with E-state index in [4.69, 9.17) is 6.42 Å². The van der Waals surface area contributed by atoms with Crippen molar-refractivity contribution in [2.24, 2.45) is 5.92 Å². The van der Waals surface area contributed by atoms with Gasteiger partial charge in [-0.15, -0.1) is 12.3 Å². The van der Waals surface area contributed by atoms with E-state index < -0.39 is 0 Å². The molecule has 0 heteroatoms. The van der Waals surface area contributed by atoms with Crippen LogP contribution in [-0.4, -0.2) is 0 Å². The van der Waals surface area contributed by atoms with Crippen molar-refractivity contribution in [2.45, 2.75) is 32.6 Å². The van der Waals surface area contributed by atoms with Crippen molar-refractivity contribution in [2.75, 3.05) is 0 Å². The summed E-state index contributed by atoms with van der Waals surface area (Å²) in [5.74, 6) is 3.38. The van der Waals surface area contributed by atoms with E-state index in [1.165, 1.54) is 6.42 Å². The van der Waals surface area contributed by atoms with Gasteiger partial charge in [0.25, 0.3) is 0 Å². The third kappa shape index (κ3) is 5.43. The maximum absolute atomic E-state index is 5.09. The molecule has 1 unspecified atom stereocenters. The van der Waals surface area contributed by atoms with Crippen LogP contribution in [0.2, 0.25) is 0 Å². The van der Waals surface area contributed by atoms with Gasteiger partial charge in [0, 0.05) is 6.42 Å². The molecule has 0 saturated heterocycles. The standard InChI is InChI=1S/C9H15/c1-4-6-7-8-9(3)5-2/h1,9H,2,5-8H2,3H3. The van der Waals surface area contributed by atoms with Gasteiger partial charge in [-0.2, -0.15) is 0 Å². The Balaban J connectivity index is 2.99. The van der Waals surface area contributed by atoms with Crippen LogP contribution >= 0.6 is 0 Å². The third-order valence-corrected chi connectivity index (χ3v) is 1.51. The van der Waals surface area contributed by atoms with E-state index >= 15 is 0 Å². The first kappa shape index (κ1) is 8.56. The first-order valence-electron chi connectivity index (χ1n) is 3.54. The lowest BCUT2D eigenvalue weighted by Gasteiger charge is -2.04. The molecule has 0 fully saturated rings. The van der Waals surface area contributed by atoms with Crippen LogP contribution in [-0.2, 0) is 0 Å². The summed E-state index contributed by atoms with van der Waals surface area (Å²) in [6.07, 6.45) is 9.43. The molecular weight excluding hydrogens is 108 g/mol. The average molecular weight is 123 g/mol. The monoisotopic (exact) mass is 123 g/mol. The zero-order valence-corrected chi connectivity index (χ0v) is 6.19. The Hall–Kier alpha value is -0.440. The molecule has 0 spiro atoms. The van der Waals surface area contributed by atoms with Gasteiger partial charge in [0.05, 0.1) is 0 Å². The Bertz CT molecular complexity index is 86.7. The van der Waals surface area contributed by atoms with Gasteiger partial charge < -0.3 is 0 Å². The van der Waals surface area contributed by atoms with E-state index in [9.17, 15) is 0 Å². The molecular formula is C9H15. The minimum Gasteiger partial charge on any atom is -0.120 e. The van der Waals surface area contributed by atoms with Crippen LogP contribution in [0.5, 0.6) is 0 Å². The van der Waals surface area contributed by atoms with Gasteiger partial charge in [0.15, 0.2) is 0 Å². The van der Waals surface area contributed by atoms with Crippen LogP contribution in [0.3, 0.4) is 0 Å². The van der Waals surface area contributed by atoms with Gasteiger partial charge in [-0.05, 0) is 18.8 Å². The second kappa shape index (κ2) is 5.69. The molecule has 0 aromatic heterocycles. The van der Waals surface area contributed by atoms with Gasteiger partial charge in [-0.1, -0.05) is 20.3 Å². The van der Waals surface area contributed by atoms with Gasteiger partial charge in [-0.3, -0.25) is 0 Å². The van der Waals surface area contributed by atoms with Crippen LogP contribution in [0, 0.1) is 25.2 Å². The highest BCUT2D eigenvalue weighted by molar-refractivity contribution is 4.83. The predicted molar refractivity (Wildman–Crippen MR) is 41.8 cm³/mol. The van der Waals surface area contributed by atoms with E-state index in [0.717, 1.165) is 25.2 Å². The van der Waals surface area contributed by atoms with Crippen molar-refractivity contribution < 1.29 is 0 Å². The molecule has 0 aromatic rings. The summed E-state index contributed by atoms with van der Waals surface area (Å²) in [5, 5.41) is 0. The van der Waals surface area contributed by atoms with Gasteiger partial charge in [0.2, 0.25) is 0 Å².